The van der Waals surface area contributed by atoms with Crippen molar-refractivity contribution in [2.24, 2.45) is 0 Å². The highest BCUT2D eigenvalue weighted by molar-refractivity contribution is 5.69. The van der Waals surface area contributed by atoms with Gasteiger partial charge in [0.1, 0.15) is 0 Å². The van der Waals surface area contributed by atoms with Gasteiger partial charge in [-0.2, -0.15) is 0 Å². The Morgan fingerprint density at radius 3 is 1.12 bits per heavy atom. The molecule has 0 unspecified atom stereocenters. The number of hydrogen-bond acceptors (Lipinski definition) is 7. The summed E-state index contributed by atoms with van der Waals surface area (Å²) in [6.45, 7) is 7.48. The van der Waals surface area contributed by atoms with Gasteiger partial charge in [0.15, 0.2) is 0 Å². The van der Waals surface area contributed by atoms with Crippen LogP contribution in [0.25, 0.3) is 0 Å². The summed E-state index contributed by atoms with van der Waals surface area (Å²) in [5.41, 5.74) is 0. The fourth-order valence-corrected chi connectivity index (χ4v) is 3.22. The van der Waals surface area contributed by atoms with E-state index in [2.05, 4.69) is 0 Å². The first-order valence-electron chi connectivity index (χ1n) is 11.1. The van der Waals surface area contributed by atoms with E-state index in [4.69, 9.17) is 14.2 Å². The van der Waals surface area contributed by atoms with Gasteiger partial charge in [-0.05, 0) is 33.6 Å². The summed E-state index contributed by atoms with van der Waals surface area (Å²) in [5.74, 6) is 0. The van der Waals surface area contributed by atoms with E-state index in [9.17, 15) is 24.3 Å². The highest BCUT2D eigenvalue weighted by Gasteiger charge is 2.23. The van der Waals surface area contributed by atoms with Crippen LogP contribution in [0.1, 0.15) is 33.6 Å². The Balaban J connectivity index is 3.01. The summed E-state index contributed by atoms with van der Waals surface area (Å²) in [7, 11) is 0. The molecule has 0 atom stereocenters. The van der Waals surface area contributed by atoms with Crippen LogP contribution in [0.3, 0.4) is 0 Å². The van der Waals surface area contributed by atoms with Gasteiger partial charge in [-0.25, -0.2) is 19.2 Å². The highest BCUT2D eigenvalue weighted by atomic mass is 16.6. The molecule has 0 spiro atoms. The number of carboxylic acid groups (broad SMARTS) is 1. The zero-order valence-corrected chi connectivity index (χ0v) is 19.3. The van der Waals surface area contributed by atoms with Crippen LogP contribution in [0.5, 0.6) is 0 Å². The lowest BCUT2D eigenvalue weighted by atomic mass is 10.3. The molecule has 0 aromatic carbocycles. The number of nitrogens with zero attached hydrogens (tertiary/aromatic N) is 4. The Hall–Kier alpha value is -2.92. The molecular weight excluding hydrogens is 424 g/mol. The molecule has 4 amide bonds. The molecule has 12 heteroatoms. The van der Waals surface area contributed by atoms with Crippen molar-refractivity contribution < 1.29 is 38.5 Å². The highest BCUT2D eigenvalue weighted by Crippen LogP contribution is 2.07. The van der Waals surface area contributed by atoms with E-state index < -0.39 is 24.4 Å². The van der Waals surface area contributed by atoms with Gasteiger partial charge in [0.2, 0.25) is 0 Å². The number of amides is 4. The van der Waals surface area contributed by atoms with E-state index in [0.717, 1.165) is 0 Å². The van der Waals surface area contributed by atoms with Gasteiger partial charge in [-0.15, -0.1) is 0 Å². The van der Waals surface area contributed by atoms with E-state index >= 15 is 0 Å². The Labute approximate surface area is 188 Å². The third-order valence-electron chi connectivity index (χ3n) is 4.84. The first-order valence-corrected chi connectivity index (χ1v) is 11.1. The first-order chi connectivity index (χ1) is 15.3. The van der Waals surface area contributed by atoms with Crippen molar-refractivity contribution in [3.8, 4) is 0 Å². The Morgan fingerprint density at radius 2 is 0.844 bits per heavy atom. The molecule has 12 nitrogen and oxygen atoms in total. The van der Waals surface area contributed by atoms with Crippen LogP contribution in [0, 0.1) is 0 Å². The molecule has 184 valence electrons. The van der Waals surface area contributed by atoms with Gasteiger partial charge in [0.25, 0.3) is 0 Å². The summed E-state index contributed by atoms with van der Waals surface area (Å²) in [6, 6.07) is 0. The molecule has 0 saturated carbocycles. The molecule has 0 radical (unpaired) electrons. The molecular formula is C20H36N4O8. The summed E-state index contributed by atoms with van der Waals surface area (Å²) < 4.78 is 15.3. The van der Waals surface area contributed by atoms with Gasteiger partial charge >= 0.3 is 24.4 Å². The molecule has 1 saturated heterocycles. The summed E-state index contributed by atoms with van der Waals surface area (Å²) >= 11 is 0. The smallest absolute Gasteiger partial charge is 0.409 e. The second-order valence-electron chi connectivity index (χ2n) is 7.03. The maximum Gasteiger partial charge on any atom is 0.409 e. The van der Waals surface area contributed by atoms with E-state index in [1.807, 2.05) is 0 Å². The summed E-state index contributed by atoms with van der Waals surface area (Å²) in [4.78, 5) is 54.2. The molecule has 0 aromatic heterocycles. The second-order valence-corrected chi connectivity index (χ2v) is 7.03. The molecule has 1 aliphatic heterocycles. The lowest BCUT2D eigenvalue weighted by Gasteiger charge is -2.30. The van der Waals surface area contributed by atoms with Crippen LogP contribution in [-0.2, 0) is 14.2 Å². The van der Waals surface area contributed by atoms with E-state index in [0.29, 0.717) is 19.4 Å². The van der Waals surface area contributed by atoms with Crippen molar-refractivity contribution in [3.63, 3.8) is 0 Å². The van der Waals surface area contributed by atoms with Gasteiger partial charge in [-0.1, -0.05) is 0 Å². The zero-order chi connectivity index (χ0) is 23.9. The van der Waals surface area contributed by atoms with E-state index in [1.54, 1.807) is 20.8 Å². The third-order valence-corrected chi connectivity index (χ3v) is 4.84. The predicted molar refractivity (Wildman–Crippen MR) is 115 cm³/mol. The van der Waals surface area contributed by atoms with Crippen molar-refractivity contribution in [2.75, 3.05) is 72.2 Å². The Kier molecular flexibility index (Phi) is 12.7. The SMILES string of the molecule is CCOC(=O)N1CCCN(C(=O)OCC)CCN(C(=O)OCC)CCCN(C(=O)O)CC1. The van der Waals surface area contributed by atoms with Crippen molar-refractivity contribution in [3.05, 3.63) is 0 Å². The average molecular weight is 461 g/mol. The lowest BCUT2D eigenvalue weighted by molar-refractivity contribution is 0.0791. The molecule has 0 aliphatic carbocycles. The number of carbonyl (C=O) groups is 4. The number of hydrogen-bond donors (Lipinski definition) is 1. The van der Waals surface area contributed by atoms with Gasteiger partial charge in [0.05, 0.1) is 19.8 Å². The van der Waals surface area contributed by atoms with Crippen LogP contribution in [0.15, 0.2) is 0 Å². The van der Waals surface area contributed by atoms with Crippen molar-refractivity contribution in [2.45, 2.75) is 33.6 Å². The minimum absolute atomic E-state index is 0.106. The van der Waals surface area contributed by atoms with Crippen molar-refractivity contribution >= 4 is 24.4 Å². The van der Waals surface area contributed by atoms with Gasteiger partial charge in [-0.3, -0.25) is 0 Å². The number of rotatable bonds is 3. The lowest BCUT2D eigenvalue weighted by Crippen LogP contribution is -2.46. The second kappa shape index (κ2) is 15.0. The largest absolute Gasteiger partial charge is 0.465 e. The van der Waals surface area contributed by atoms with Crippen molar-refractivity contribution in [1.29, 1.82) is 0 Å². The summed E-state index contributed by atoms with van der Waals surface area (Å²) in [6.07, 6.45) is -1.83. The third kappa shape index (κ3) is 9.48. The van der Waals surface area contributed by atoms with Crippen LogP contribution in [0.2, 0.25) is 0 Å². The van der Waals surface area contributed by atoms with Crippen LogP contribution in [-0.4, -0.2) is 121 Å². The molecule has 1 heterocycles. The molecule has 1 fully saturated rings. The zero-order valence-electron chi connectivity index (χ0n) is 19.3. The molecule has 1 N–H and O–H groups in total. The topological polar surface area (TPSA) is 129 Å². The monoisotopic (exact) mass is 460 g/mol. The molecule has 0 aromatic rings. The standard InChI is InChI=1S/C20H36N4O8/c1-4-30-18(27)22-11-8-12-24(20(29)32-6-3)16-15-23(19(28)31-5-2)10-7-9-21(13-14-22)17(25)26/h4-16H2,1-3H3,(H,25,26). The Morgan fingerprint density at radius 1 is 0.562 bits per heavy atom. The summed E-state index contributed by atoms with van der Waals surface area (Å²) in [5, 5.41) is 9.51. The first kappa shape index (κ1) is 27.1. The molecule has 1 rings (SSSR count). The molecule has 1 aliphatic rings. The predicted octanol–water partition coefficient (Wildman–Crippen LogP) is 2.14. The van der Waals surface area contributed by atoms with E-state index in [1.165, 1.54) is 19.6 Å². The number of carbonyl (C=O) groups excluding carboxylic acids is 3. The fourth-order valence-electron chi connectivity index (χ4n) is 3.22. The van der Waals surface area contributed by atoms with Crippen molar-refractivity contribution in [1.82, 2.24) is 19.6 Å². The number of ether oxygens (including phenoxy) is 3. The maximum atomic E-state index is 12.4. The Bertz CT molecular complexity index is 618. The van der Waals surface area contributed by atoms with Gasteiger partial charge < -0.3 is 38.9 Å². The average Bonchev–Trinajstić information content (AvgIpc) is 2.74. The van der Waals surface area contributed by atoms with Crippen LogP contribution >= 0.6 is 0 Å². The van der Waals surface area contributed by atoms with Crippen LogP contribution in [0.4, 0.5) is 19.2 Å². The molecule has 0 bridgehead atoms. The fraction of sp³-hybridized carbons (Fsp3) is 0.800. The minimum atomic E-state index is -1.10. The van der Waals surface area contributed by atoms with Crippen LogP contribution < -0.4 is 0 Å². The quantitative estimate of drug-likeness (QED) is 0.634. The van der Waals surface area contributed by atoms with E-state index in [-0.39, 0.29) is 65.6 Å². The maximum absolute atomic E-state index is 12.4. The minimum Gasteiger partial charge on any atom is -0.465 e. The molecule has 32 heavy (non-hydrogen) atoms. The van der Waals surface area contributed by atoms with Gasteiger partial charge in [0, 0.05) is 52.4 Å². The normalized spacial score (nSPS) is 16.7.